The van der Waals surface area contributed by atoms with Gasteiger partial charge in [0.05, 0.1) is 0 Å². The van der Waals surface area contributed by atoms with Crippen LogP contribution in [0.5, 0.6) is 0 Å². The van der Waals surface area contributed by atoms with Crippen LogP contribution in [0.15, 0.2) is 34.1 Å². The van der Waals surface area contributed by atoms with Gasteiger partial charge in [-0.3, -0.25) is 0 Å². The fourth-order valence-electron chi connectivity index (χ4n) is 2.03. The Balaban J connectivity index is 1.64. The molecule has 122 valence electrons. The molecule has 0 fully saturated rings. The SMILES string of the molecule is CCc1cc(NCCNS(=O)(=O)c2cccs2)n2ncnc2n1. The number of nitrogens with zero attached hydrogens (tertiary/aromatic N) is 4. The number of aryl methyl sites for hydroxylation is 1. The lowest BCUT2D eigenvalue weighted by Gasteiger charge is -2.10. The standard InChI is InChI=1S/C13H16N6O2S2/c1-2-10-8-11(19-13(18-10)15-9-16-19)14-5-6-17-23(20,21)12-4-3-7-22-12/h3-4,7-9,14,17H,2,5-6H2,1H3. The van der Waals surface area contributed by atoms with Gasteiger partial charge in [0.1, 0.15) is 16.4 Å². The fraction of sp³-hybridized carbons (Fsp3) is 0.308. The van der Waals surface area contributed by atoms with Crippen LogP contribution in [0, 0.1) is 0 Å². The Morgan fingerprint density at radius 1 is 1.35 bits per heavy atom. The molecule has 0 aromatic carbocycles. The quantitative estimate of drug-likeness (QED) is 0.618. The number of thiophene rings is 1. The smallest absolute Gasteiger partial charge is 0.254 e. The van der Waals surface area contributed by atoms with Crippen LogP contribution in [0.4, 0.5) is 5.82 Å². The van der Waals surface area contributed by atoms with E-state index in [9.17, 15) is 8.42 Å². The van der Waals surface area contributed by atoms with Crippen LogP contribution in [0.25, 0.3) is 5.78 Å². The van der Waals surface area contributed by atoms with E-state index in [2.05, 4.69) is 25.1 Å². The molecule has 3 heterocycles. The summed E-state index contributed by atoms with van der Waals surface area (Å²) >= 11 is 1.19. The zero-order chi connectivity index (χ0) is 16.3. The molecule has 3 aromatic rings. The highest BCUT2D eigenvalue weighted by Gasteiger charge is 2.14. The third-order valence-corrected chi connectivity index (χ3v) is 6.01. The Labute approximate surface area is 137 Å². The minimum Gasteiger partial charge on any atom is -0.369 e. The maximum absolute atomic E-state index is 12.0. The molecule has 0 aliphatic heterocycles. The zero-order valence-electron chi connectivity index (χ0n) is 12.4. The van der Waals surface area contributed by atoms with Crippen LogP contribution in [-0.2, 0) is 16.4 Å². The van der Waals surface area contributed by atoms with Gasteiger partial charge in [0, 0.05) is 24.8 Å². The molecule has 3 aromatic heterocycles. The molecular weight excluding hydrogens is 336 g/mol. The highest BCUT2D eigenvalue weighted by Crippen LogP contribution is 2.15. The number of rotatable bonds is 7. The van der Waals surface area contributed by atoms with E-state index in [0.717, 1.165) is 17.9 Å². The first-order chi connectivity index (χ1) is 11.1. The Bertz CT molecular complexity index is 888. The molecular formula is C13H16N6O2S2. The lowest BCUT2D eigenvalue weighted by molar-refractivity contribution is 0.585. The molecule has 8 nitrogen and oxygen atoms in total. The van der Waals surface area contributed by atoms with Crippen molar-refractivity contribution in [3.05, 3.63) is 35.6 Å². The molecule has 10 heteroatoms. The van der Waals surface area contributed by atoms with Gasteiger partial charge in [-0.05, 0) is 17.9 Å². The number of hydrogen-bond donors (Lipinski definition) is 2. The van der Waals surface area contributed by atoms with Crippen LogP contribution in [0.3, 0.4) is 0 Å². The molecule has 0 aliphatic carbocycles. The Kier molecular flexibility index (Phi) is 4.55. The summed E-state index contributed by atoms with van der Waals surface area (Å²) < 4.78 is 28.5. The molecule has 0 saturated heterocycles. The maximum Gasteiger partial charge on any atom is 0.254 e. The average Bonchev–Trinajstić information content (AvgIpc) is 3.22. The zero-order valence-corrected chi connectivity index (χ0v) is 14.1. The van der Waals surface area contributed by atoms with Gasteiger partial charge >= 0.3 is 0 Å². The number of sulfonamides is 1. The topological polar surface area (TPSA) is 101 Å². The van der Waals surface area contributed by atoms with Crippen molar-refractivity contribution in [3.63, 3.8) is 0 Å². The first kappa shape index (κ1) is 15.8. The lowest BCUT2D eigenvalue weighted by Crippen LogP contribution is -2.28. The predicted octanol–water partition coefficient (Wildman–Crippen LogP) is 1.14. The van der Waals surface area contributed by atoms with Gasteiger partial charge in [-0.15, -0.1) is 11.3 Å². The van der Waals surface area contributed by atoms with Crippen molar-refractivity contribution in [3.8, 4) is 0 Å². The van der Waals surface area contributed by atoms with Crippen molar-refractivity contribution < 1.29 is 8.42 Å². The fourth-order valence-corrected chi connectivity index (χ4v) is 4.10. The normalized spacial score (nSPS) is 11.9. The van der Waals surface area contributed by atoms with Crippen molar-refractivity contribution in [2.45, 2.75) is 17.6 Å². The van der Waals surface area contributed by atoms with Crippen LogP contribution >= 0.6 is 11.3 Å². The molecule has 0 saturated carbocycles. The second-order valence-electron chi connectivity index (χ2n) is 4.71. The molecule has 2 N–H and O–H groups in total. The molecule has 0 radical (unpaired) electrons. The molecule has 0 amide bonds. The van der Waals surface area contributed by atoms with Gasteiger partial charge in [0.2, 0.25) is 10.0 Å². The second-order valence-corrected chi connectivity index (χ2v) is 7.66. The van der Waals surface area contributed by atoms with Crippen molar-refractivity contribution in [1.82, 2.24) is 24.3 Å². The van der Waals surface area contributed by atoms with Crippen LogP contribution in [-0.4, -0.2) is 41.1 Å². The summed E-state index contributed by atoms with van der Waals surface area (Å²) in [6.45, 7) is 2.70. The highest BCUT2D eigenvalue weighted by molar-refractivity contribution is 7.91. The van der Waals surface area contributed by atoms with Crippen molar-refractivity contribution in [1.29, 1.82) is 0 Å². The largest absolute Gasteiger partial charge is 0.369 e. The second kappa shape index (κ2) is 6.60. The Morgan fingerprint density at radius 3 is 2.96 bits per heavy atom. The van der Waals surface area contributed by atoms with Gasteiger partial charge < -0.3 is 5.32 Å². The third kappa shape index (κ3) is 3.49. The number of aromatic nitrogens is 4. The van der Waals surface area contributed by atoms with Crippen molar-refractivity contribution in [2.75, 3.05) is 18.4 Å². The maximum atomic E-state index is 12.0. The van der Waals surface area contributed by atoms with Crippen molar-refractivity contribution in [2.24, 2.45) is 0 Å². The van der Waals surface area contributed by atoms with E-state index < -0.39 is 10.0 Å². The van der Waals surface area contributed by atoms with Gasteiger partial charge in [0.15, 0.2) is 0 Å². The molecule has 0 spiro atoms. The molecule has 0 aliphatic rings. The van der Waals surface area contributed by atoms with E-state index >= 15 is 0 Å². The molecule has 3 rings (SSSR count). The van der Waals surface area contributed by atoms with Gasteiger partial charge in [-0.1, -0.05) is 13.0 Å². The summed E-state index contributed by atoms with van der Waals surface area (Å²) in [5.74, 6) is 1.26. The minimum absolute atomic E-state index is 0.264. The van der Waals surface area contributed by atoms with Gasteiger partial charge in [-0.25, -0.2) is 18.1 Å². The van der Waals surface area contributed by atoms with Crippen molar-refractivity contribution >= 4 is 33.0 Å². The first-order valence-corrected chi connectivity index (χ1v) is 9.43. The Hall–Kier alpha value is -2.04. The first-order valence-electron chi connectivity index (χ1n) is 7.07. The summed E-state index contributed by atoms with van der Waals surface area (Å²) in [6, 6.07) is 5.17. The van der Waals surface area contributed by atoms with Gasteiger partial charge in [0.25, 0.3) is 5.78 Å². The summed E-state index contributed by atoms with van der Waals surface area (Å²) in [5.41, 5.74) is 0.896. The molecule has 0 atom stereocenters. The van der Waals surface area contributed by atoms with Crippen LogP contribution in [0.1, 0.15) is 12.6 Å². The monoisotopic (exact) mass is 352 g/mol. The van der Waals surface area contributed by atoms with Gasteiger partial charge in [-0.2, -0.15) is 14.6 Å². The van der Waals surface area contributed by atoms with Crippen LogP contribution in [0.2, 0.25) is 0 Å². The summed E-state index contributed by atoms with van der Waals surface area (Å²) in [5, 5.41) is 9.00. The van der Waals surface area contributed by atoms with E-state index in [1.165, 1.54) is 17.7 Å². The molecule has 0 unspecified atom stereocenters. The minimum atomic E-state index is -3.43. The molecule has 23 heavy (non-hydrogen) atoms. The Morgan fingerprint density at radius 2 is 2.22 bits per heavy atom. The average molecular weight is 352 g/mol. The van der Waals surface area contributed by atoms with E-state index in [1.807, 2.05) is 13.0 Å². The summed E-state index contributed by atoms with van der Waals surface area (Å²) in [4.78, 5) is 8.43. The number of anilines is 1. The number of hydrogen-bond acceptors (Lipinski definition) is 7. The van der Waals surface area contributed by atoms with E-state index in [-0.39, 0.29) is 6.54 Å². The number of fused-ring (bicyclic) bond motifs is 1. The molecule has 0 bridgehead atoms. The van der Waals surface area contributed by atoms with Crippen LogP contribution < -0.4 is 10.0 Å². The summed E-state index contributed by atoms with van der Waals surface area (Å²) in [6.07, 6.45) is 2.22. The number of nitrogens with one attached hydrogen (secondary N) is 2. The summed E-state index contributed by atoms with van der Waals surface area (Å²) in [7, 11) is -3.43. The lowest BCUT2D eigenvalue weighted by atomic mass is 10.3. The predicted molar refractivity (Wildman–Crippen MR) is 88.2 cm³/mol. The van der Waals surface area contributed by atoms with E-state index in [0.29, 0.717) is 16.5 Å². The highest BCUT2D eigenvalue weighted by atomic mass is 32.2. The third-order valence-electron chi connectivity index (χ3n) is 3.15. The van der Waals surface area contributed by atoms with E-state index in [4.69, 9.17) is 0 Å². The van der Waals surface area contributed by atoms with E-state index in [1.54, 1.807) is 22.0 Å².